The van der Waals surface area contributed by atoms with Gasteiger partial charge >= 0.3 is 0 Å². The molecular weight excluding hydrogens is 312 g/mol. The van der Waals surface area contributed by atoms with Gasteiger partial charge in [0, 0.05) is 0 Å². The summed E-state index contributed by atoms with van der Waals surface area (Å²) in [5.74, 6) is 2.14. The second kappa shape index (κ2) is 8.71. The van der Waals surface area contributed by atoms with Crippen LogP contribution in [0.3, 0.4) is 0 Å². The fourth-order valence-corrected chi connectivity index (χ4v) is 3.89. The van der Waals surface area contributed by atoms with Crippen molar-refractivity contribution < 1.29 is 0 Å². The van der Waals surface area contributed by atoms with Crippen molar-refractivity contribution in [1.29, 1.82) is 0 Å². The molecule has 0 N–H and O–H groups in total. The molecule has 0 saturated heterocycles. The lowest BCUT2D eigenvalue weighted by Crippen LogP contribution is -2.10. The van der Waals surface area contributed by atoms with Crippen molar-refractivity contribution in [2.75, 3.05) is 0 Å². The molecule has 0 heterocycles. The van der Waals surface area contributed by atoms with Crippen LogP contribution in [0.25, 0.3) is 11.6 Å². The van der Waals surface area contributed by atoms with E-state index < -0.39 is 0 Å². The minimum atomic E-state index is 0.495. The van der Waals surface area contributed by atoms with E-state index in [4.69, 9.17) is 0 Å². The Balaban J connectivity index is 2.48. The van der Waals surface area contributed by atoms with E-state index in [-0.39, 0.29) is 0 Å². The van der Waals surface area contributed by atoms with Gasteiger partial charge in [-0.3, -0.25) is 0 Å². The molecule has 1 aliphatic carbocycles. The van der Waals surface area contributed by atoms with Crippen LogP contribution in [0.15, 0.2) is 49.1 Å². The Morgan fingerprint density at radius 1 is 0.923 bits per heavy atom. The Bertz CT molecular complexity index is 729. The van der Waals surface area contributed by atoms with Gasteiger partial charge in [-0.15, -0.1) is 0 Å². The maximum absolute atomic E-state index is 4.47. The molecule has 2 rings (SSSR count). The molecule has 0 spiro atoms. The van der Waals surface area contributed by atoms with Gasteiger partial charge in [0.05, 0.1) is 0 Å². The Morgan fingerprint density at radius 2 is 1.62 bits per heavy atom. The van der Waals surface area contributed by atoms with E-state index in [1.165, 1.54) is 33.4 Å². The van der Waals surface area contributed by atoms with E-state index in [1.807, 2.05) is 0 Å². The van der Waals surface area contributed by atoms with Crippen LogP contribution in [0, 0.1) is 37.5 Å². The van der Waals surface area contributed by atoms with Gasteiger partial charge in [-0.25, -0.2) is 0 Å². The number of rotatable bonds is 0. The van der Waals surface area contributed by atoms with Gasteiger partial charge in [0.15, 0.2) is 0 Å². The van der Waals surface area contributed by atoms with Crippen molar-refractivity contribution >= 4 is 11.6 Å². The highest BCUT2D eigenvalue weighted by atomic mass is 14.2. The number of aryl methyl sites for hydroxylation is 2. The molecular formula is C26H36. The molecule has 0 bridgehead atoms. The Kier molecular flexibility index (Phi) is 6.87. The summed E-state index contributed by atoms with van der Waals surface area (Å²) >= 11 is 0. The van der Waals surface area contributed by atoms with E-state index >= 15 is 0 Å². The highest BCUT2D eigenvalue weighted by Gasteiger charge is 2.17. The smallest absolute Gasteiger partial charge is 0.0128 e. The third kappa shape index (κ3) is 4.87. The summed E-state index contributed by atoms with van der Waals surface area (Å²) in [4.78, 5) is 0. The van der Waals surface area contributed by atoms with Crippen molar-refractivity contribution in [1.82, 2.24) is 0 Å². The molecule has 1 aliphatic rings. The Hall–Kier alpha value is -1.82. The van der Waals surface area contributed by atoms with Gasteiger partial charge in [0.1, 0.15) is 0 Å². The lowest BCUT2D eigenvalue weighted by molar-refractivity contribution is 0.449. The van der Waals surface area contributed by atoms with E-state index in [9.17, 15) is 0 Å². The predicted molar refractivity (Wildman–Crippen MR) is 118 cm³/mol. The molecule has 0 saturated carbocycles. The fourth-order valence-electron chi connectivity index (χ4n) is 3.89. The summed E-state index contributed by atoms with van der Waals surface area (Å²) in [6, 6.07) is 4.58. The molecule has 0 aromatic heterocycles. The summed E-state index contributed by atoms with van der Waals surface area (Å²) < 4.78 is 0. The van der Waals surface area contributed by atoms with E-state index in [2.05, 4.69) is 91.1 Å². The third-order valence-corrected chi connectivity index (χ3v) is 6.19. The number of benzene rings is 1. The van der Waals surface area contributed by atoms with E-state index in [0.29, 0.717) is 23.7 Å². The molecule has 0 nitrogen and oxygen atoms in total. The molecule has 4 unspecified atom stereocenters. The van der Waals surface area contributed by atoms with Crippen molar-refractivity contribution in [3.63, 3.8) is 0 Å². The van der Waals surface area contributed by atoms with Crippen LogP contribution < -0.4 is 0 Å². The van der Waals surface area contributed by atoms with Crippen molar-refractivity contribution in [2.24, 2.45) is 23.7 Å². The molecule has 0 radical (unpaired) electrons. The molecule has 26 heavy (non-hydrogen) atoms. The van der Waals surface area contributed by atoms with E-state index in [1.54, 1.807) is 0 Å². The second-order valence-electron chi connectivity index (χ2n) is 8.53. The zero-order valence-corrected chi connectivity index (χ0v) is 17.6. The average molecular weight is 349 g/mol. The van der Waals surface area contributed by atoms with Gasteiger partial charge in [0.25, 0.3) is 0 Å². The van der Waals surface area contributed by atoms with Crippen LogP contribution >= 0.6 is 0 Å². The first-order valence-corrected chi connectivity index (χ1v) is 10.0. The van der Waals surface area contributed by atoms with Crippen LogP contribution in [0.4, 0.5) is 0 Å². The lowest BCUT2D eigenvalue weighted by atomic mass is 9.82. The quantitative estimate of drug-likeness (QED) is 0.449. The normalized spacial score (nSPS) is 30.4. The number of fused-ring (bicyclic) bond motifs is 1. The van der Waals surface area contributed by atoms with Crippen molar-refractivity contribution in [3.8, 4) is 0 Å². The molecule has 0 fully saturated rings. The maximum Gasteiger partial charge on any atom is -0.0128 e. The summed E-state index contributed by atoms with van der Waals surface area (Å²) in [5, 5.41) is 0. The largest absolute Gasteiger partial charge is 0.0956 e. The highest BCUT2D eigenvalue weighted by molar-refractivity contribution is 5.76. The average Bonchev–Trinajstić information content (AvgIpc) is 2.56. The Morgan fingerprint density at radius 3 is 2.31 bits per heavy atom. The molecule has 0 aliphatic heterocycles. The molecule has 4 atom stereocenters. The Labute approximate surface area is 161 Å². The monoisotopic (exact) mass is 348 g/mol. The van der Waals surface area contributed by atoms with Crippen LogP contribution in [0.5, 0.6) is 0 Å². The van der Waals surface area contributed by atoms with Crippen LogP contribution in [0.2, 0.25) is 0 Å². The number of allylic oxidation sites excluding steroid dienone is 5. The van der Waals surface area contributed by atoms with Crippen LogP contribution in [0.1, 0.15) is 62.8 Å². The highest BCUT2D eigenvalue weighted by Crippen LogP contribution is 2.33. The first-order valence-electron chi connectivity index (χ1n) is 10.0. The molecule has 140 valence electrons. The maximum atomic E-state index is 4.47. The summed E-state index contributed by atoms with van der Waals surface area (Å²) in [6.07, 6.45) is 11.3. The minimum absolute atomic E-state index is 0.495. The van der Waals surface area contributed by atoms with E-state index in [0.717, 1.165) is 12.8 Å². The van der Waals surface area contributed by atoms with Crippen LogP contribution in [-0.2, 0) is 0 Å². The third-order valence-electron chi connectivity index (χ3n) is 6.19. The van der Waals surface area contributed by atoms with Gasteiger partial charge in [0.2, 0.25) is 0 Å². The molecule has 1 aromatic carbocycles. The van der Waals surface area contributed by atoms with Crippen molar-refractivity contribution in [3.05, 3.63) is 71.3 Å². The lowest BCUT2D eigenvalue weighted by Gasteiger charge is -2.23. The second-order valence-corrected chi connectivity index (χ2v) is 8.53. The molecule has 0 heteroatoms. The first kappa shape index (κ1) is 20.5. The summed E-state index contributed by atoms with van der Waals surface area (Å²) in [5.41, 5.74) is 7.82. The van der Waals surface area contributed by atoms with Gasteiger partial charge in [-0.2, -0.15) is 0 Å². The van der Waals surface area contributed by atoms with Gasteiger partial charge in [-0.05, 0) is 72.6 Å². The topological polar surface area (TPSA) is 0 Å². The minimum Gasteiger partial charge on any atom is -0.0956 e. The standard InChI is InChI=1S/C26H36/c1-17-14-22(6)26-23(7)16-21(5)18(2)12-13-20(4)24(8)19(3)10-9-11-25(26)15-17/h9,11-15,18-19,21,24H,4,7,10,16H2,1-3,5-6,8H3/b11-9+,13-12-. The number of hydrogen-bond acceptors (Lipinski definition) is 0. The first-order chi connectivity index (χ1) is 12.2. The van der Waals surface area contributed by atoms with Gasteiger partial charge < -0.3 is 0 Å². The molecule has 0 amide bonds. The SMILES string of the molecule is C=C1CC(C)C(C)/C=C\C(=C)C(C)C(C)C/C=C/c2cc(C)cc(C)c21. The van der Waals surface area contributed by atoms with Crippen molar-refractivity contribution in [2.45, 2.75) is 54.4 Å². The summed E-state index contributed by atoms with van der Waals surface area (Å²) in [6.45, 7) is 22.5. The predicted octanol–water partition coefficient (Wildman–Crippen LogP) is 7.78. The zero-order chi connectivity index (χ0) is 19.4. The van der Waals surface area contributed by atoms with Crippen LogP contribution in [-0.4, -0.2) is 0 Å². The fraction of sp³-hybridized carbons (Fsp3) is 0.462. The molecule has 1 aromatic rings. The zero-order valence-electron chi connectivity index (χ0n) is 17.6. The summed E-state index contributed by atoms with van der Waals surface area (Å²) in [7, 11) is 0. The number of hydrogen-bond donors (Lipinski definition) is 0. The van der Waals surface area contributed by atoms with Gasteiger partial charge in [-0.1, -0.05) is 88.4 Å².